The van der Waals surface area contributed by atoms with E-state index < -0.39 is 50.6 Å². The molecule has 0 spiro atoms. The molecule has 19 heteroatoms. The Bertz CT molecular complexity index is 1970. The number of nitrogens with zero attached hydrogens (tertiary/aromatic N) is 5. The fraction of sp³-hybridized carbons (Fsp3) is 0.233. The molecule has 0 radical (unpaired) electrons. The van der Waals surface area contributed by atoms with E-state index in [0.29, 0.717) is 36.1 Å². The maximum Gasteiger partial charge on any atom is 0.418 e. The number of amidine groups is 1. The summed E-state index contributed by atoms with van der Waals surface area (Å²) in [6.45, 7) is 5.79. The highest BCUT2D eigenvalue weighted by atomic mass is 32.5. The van der Waals surface area contributed by atoms with Crippen LogP contribution in [0.25, 0.3) is 17.1 Å². The molecule has 1 aliphatic rings. The Hall–Kier alpha value is -4.49. The standard InChI is InChI=1S/C30H26F8N6O3S2/c1-4-47-18(3)22-11-5-17(2)13-25(22)44-26(45)15-48-29(44)41-28(46)40-24-12-6-19(14-23(24)30(31,32)33)27-39-16-43(42-27)20-7-9-21(10-8-20)49(34,35,36,37)38/h5-14,16,18H,4,15H2,1-3H3,(H,40,46)/b41-29-. The van der Waals surface area contributed by atoms with Crippen molar-refractivity contribution >= 4 is 50.5 Å². The van der Waals surface area contributed by atoms with Gasteiger partial charge in [0.15, 0.2) is 11.0 Å². The molecule has 3 amide bonds. The molecular weight excluding hydrogens is 708 g/mol. The minimum Gasteiger partial charge on any atom is -0.374 e. The lowest BCUT2D eigenvalue weighted by Gasteiger charge is -2.40. The third-order valence-electron chi connectivity index (χ3n) is 7.11. The van der Waals surface area contributed by atoms with Crippen molar-refractivity contribution in [1.29, 1.82) is 0 Å². The number of carbonyl (C=O) groups is 2. The third kappa shape index (κ3) is 8.05. The Morgan fingerprint density at radius 2 is 1.76 bits per heavy atom. The Balaban J connectivity index is 1.41. The molecule has 1 N–H and O–H groups in total. The largest absolute Gasteiger partial charge is 0.418 e. The van der Waals surface area contributed by atoms with Gasteiger partial charge in [0, 0.05) is 17.7 Å². The van der Waals surface area contributed by atoms with Crippen molar-refractivity contribution in [2.24, 2.45) is 4.99 Å². The zero-order valence-corrected chi connectivity index (χ0v) is 27.3. The van der Waals surface area contributed by atoms with Crippen molar-refractivity contribution in [3.8, 4) is 17.1 Å². The highest BCUT2D eigenvalue weighted by Gasteiger charge is 2.65. The molecule has 49 heavy (non-hydrogen) atoms. The number of ether oxygens (including phenoxy) is 1. The Labute approximate surface area is 278 Å². The van der Waals surface area contributed by atoms with Gasteiger partial charge in [-0.25, -0.2) is 14.5 Å². The van der Waals surface area contributed by atoms with Crippen LogP contribution >= 0.6 is 22.0 Å². The number of aromatic nitrogens is 3. The van der Waals surface area contributed by atoms with E-state index in [2.05, 4.69) is 20.4 Å². The quantitative estimate of drug-likeness (QED) is 0.181. The van der Waals surface area contributed by atoms with E-state index in [1.165, 1.54) is 4.90 Å². The summed E-state index contributed by atoms with van der Waals surface area (Å²) in [7, 11) is -9.92. The summed E-state index contributed by atoms with van der Waals surface area (Å²) in [5.74, 6) is -0.743. The summed E-state index contributed by atoms with van der Waals surface area (Å²) in [6.07, 6.45) is -4.44. The number of anilines is 2. The van der Waals surface area contributed by atoms with Crippen LogP contribution in [0.1, 0.15) is 36.6 Å². The summed E-state index contributed by atoms with van der Waals surface area (Å²) in [4.78, 5) is 32.8. The number of hydrogen-bond donors (Lipinski definition) is 1. The molecule has 3 aromatic carbocycles. The van der Waals surface area contributed by atoms with Crippen LogP contribution in [0.5, 0.6) is 0 Å². The molecule has 0 bridgehead atoms. The fourth-order valence-electron chi connectivity index (χ4n) is 4.85. The van der Waals surface area contributed by atoms with Crippen molar-refractivity contribution in [2.45, 2.75) is 37.9 Å². The average molecular weight is 735 g/mol. The Morgan fingerprint density at radius 1 is 1.06 bits per heavy atom. The smallest absolute Gasteiger partial charge is 0.374 e. The van der Waals surface area contributed by atoms with Crippen LogP contribution in [-0.2, 0) is 15.7 Å². The number of halogens is 8. The van der Waals surface area contributed by atoms with Crippen LogP contribution < -0.4 is 10.2 Å². The molecule has 9 nitrogen and oxygen atoms in total. The molecule has 1 unspecified atom stereocenters. The van der Waals surface area contributed by atoms with Gasteiger partial charge in [0.05, 0.1) is 34.5 Å². The second kappa shape index (κ2) is 12.1. The minimum atomic E-state index is -9.92. The molecule has 4 aromatic rings. The van der Waals surface area contributed by atoms with Crippen molar-refractivity contribution in [3.05, 3.63) is 83.7 Å². The molecule has 0 aliphatic carbocycles. The SMILES string of the molecule is CCOC(C)c1ccc(C)cc1N1C(=O)CS/C1=N\C(=O)Nc1ccc(-c2ncn(-c3ccc(S(F)(F)(F)(F)F)cc3)n2)cc1C(F)(F)F. The first-order valence-corrected chi connectivity index (χ1v) is 17.1. The first-order chi connectivity index (χ1) is 22.6. The van der Waals surface area contributed by atoms with Crippen molar-refractivity contribution < 1.29 is 46.9 Å². The van der Waals surface area contributed by atoms with Crippen LogP contribution in [0.4, 0.5) is 48.8 Å². The maximum atomic E-state index is 14.2. The van der Waals surface area contributed by atoms with E-state index in [0.717, 1.165) is 40.5 Å². The van der Waals surface area contributed by atoms with Crippen LogP contribution in [0.2, 0.25) is 0 Å². The number of nitrogens with one attached hydrogen (secondary N) is 1. The fourth-order valence-corrected chi connectivity index (χ4v) is 6.35. The molecule has 1 fully saturated rings. The van der Waals surface area contributed by atoms with Crippen molar-refractivity contribution in [1.82, 2.24) is 14.8 Å². The van der Waals surface area contributed by atoms with Crippen molar-refractivity contribution in [3.63, 3.8) is 0 Å². The molecular formula is C30H26F8N6O3S2. The number of amides is 3. The summed E-state index contributed by atoms with van der Waals surface area (Å²) >= 11 is 0.936. The van der Waals surface area contributed by atoms with Gasteiger partial charge in [0.2, 0.25) is 5.91 Å². The lowest BCUT2D eigenvalue weighted by atomic mass is 10.0. The van der Waals surface area contributed by atoms with E-state index in [9.17, 15) is 42.2 Å². The first kappa shape index (κ1) is 35.8. The Kier molecular flexibility index (Phi) is 8.86. The normalized spacial score (nSPS) is 16.8. The Morgan fingerprint density at radius 3 is 2.39 bits per heavy atom. The minimum absolute atomic E-state index is 0.0495. The number of rotatable bonds is 8. The van der Waals surface area contributed by atoms with E-state index in [4.69, 9.17) is 4.74 Å². The topological polar surface area (TPSA) is 102 Å². The highest BCUT2D eigenvalue weighted by molar-refractivity contribution is 8.45. The zero-order chi connectivity index (χ0) is 36.0. The predicted octanol–water partition coefficient (Wildman–Crippen LogP) is 9.68. The van der Waals surface area contributed by atoms with Gasteiger partial charge < -0.3 is 10.1 Å². The van der Waals surface area contributed by atoms with E-state index >= 15 is 0 Å². The average Bonchev–Trinajstić information content (AvgIpc) is 3.63. The molecule has 1 aliphatic heterocycles. The van der Waals surface area contributed by atoms with E-state index in [1.807, 2.05) is 6.07 Å². The van der Waals surface area contributed by atoms with Crippen LogP contribution in [0, 0.1) is 6.92 Å². The molecule has 1 atom stereocenters. The predicted molar refractivity (Wildman–Crippen MR) is 171 cm³/mol. The molecule has 1 saturated heterocycles. The maximum absolute atomic E-state index is 14.2. The molecule has 5 rings (SSSR count). The molecule has 262 valence electrons. The van der Waals surface area contributed by atoms with Crippen LogP contribution in [0.15, 0.2) is 76.9 Å². The number of aryl methyl sites for hydroxylation is 1. The third-order valence-corrected chi connectivity index (χ3v) is 9.19. The van der Waals surface area contributed by atoms with Gasteiger partial charge in [-0.2, -0.15) is 18.2 Å². The number of aliphatic imine (C=N–C) groups is 1. The molecule has 1 aromatic heterocycles. The second-order valence-electron chi connectivity index (χ2n) is 10.7. The molecule has 2 heterocycles. The second-order valence-corrected chi connectivity index (χ2v) is 14.1. The van der Waals surface area contributed by atoms with E-state index in [1.54, 1.807) is 32.9 Å². The van der Waals surface area contributed by atoms with Gasteiger partial charge in [-0.15, -0.1) is 5.10 Å². The lowest BCUT2D eigenvalue weighted by molar-refractivity contribution is -0.136. The van der Waals surface area contributed by atoms with Gasteiger partial charge in [-0.1, -0.05) is 43.3 Å². The summed E-state index contributed by atoms with van der Waals surface area (Å²) in [6, 6.07) is 8.63. The van der Waals surface area contributed by atoms with E-state index in [-0.39, 0.29) is 40.1 Å². The lowest BCUT2D eigenvalue weighted by Crippen LogP contribution is -2.31. The van der Waals surface area contributed by atoms with Crippen LogP contribution in [0.3, 0.4) is 0 Å². The van der Waals surface area contributed by atoms with Crippen molar-refractivity contribution in [2.75, 3.05) is 22.6 Å². The highest BCUT2D eigenvalue weighted by Crippen LogP contribution is 3.02. The summed E-state index contributed by atoms with van der Waals surface area (Å²) in [5, 5.41) is 6.03. The number of alkyl halides is 3. The van der Waals surface area contributed by atoms with Gasteiger partial charge in [-0.3, -0.25) is 9.69 Å². The summed E-state index contributed by atoms with van der Waals surface area (Å²) in [5.41, 5.74) is -0.403. The van der Waals surface area contributed by atoms with Gasteiger partial charge in [0.25, 0.3) is 0 Å². The molecule has 0 saturated carbocycles. The number of carbonyl (C=O) groups excluding carboxylic acids is 2. The summed E-state index contributed by atoms with van der Waals surface area (Å²) < 4.78 is 114. The monoisotopic (exact) mass is 734 g/mol. The van der Waals surface area contributed by atoms with Gasteiger partial charge >= 0.3 is 22.4 Å². The first-order valence-electron chi connectivity index (χ1n) is 14.2. The number of benzene rings is 3. The van der Waals surface area contributed by atoms with Crippen LogP contribution in [-0.4, -0.2) is 44.2 Å². The van der Waals surface area contributed by atoms with Gasteiger partial charge in [0.1, 0.15) is 11.2 Å². The van der Waals surface area contributed by atoms with Gasteiger partial charge in [-0.05, 0) is 74.9 Å². The number of hydrogen-bond acceptors (Lipinski definition) is 6. The zero-order valence-electron chi connectivity index (χ0n) is 25.6. The number of urea groups is 1. The number of thioether (sulfide) groups is 1.